The summed E-state index contributed by atoms with van der Waals surface area (Å²) < 4.78 is 5.00. The Morgan fingerprint density at radius 2 is 2.36 bits per heavy atom. The molecule has 3 N–H and O–H groups in total. The van der Waals surface area contributed by atoms with E-state index in [9.17, 15) is 4.79 Å². The smallest absolute Gasteiger partial charge is 0.258 e. The van der Waals surface area contributed by atoms with Crippen LogP contribution in [0.1, 0.15) is 12.7 Å². The molecule has 0 aliphatic rings. The van der Waals surface area contributed by atoms with Gasteiger partial charge in [0, 0.05) is 12.1 Å². The predicted molar refractivity (Wildman–Crippen MR) is 91.6 cm³/mol. The molecule has 0 aliphatic carbocycles. The van der Waals surface area contributed by atoms with Crippen molar-refractivity contribution >= 4 is 39.4 Å². The second-order valence-electron chi connectivity index (χ2n) is 4.73. The molecule has 8 heteroatoms. The minimum Gasteiger partial charge on any atom is -0.382 e. The molecule has 0 saturated heterocycles. The molecule has 2 aromatic rings. The summed E-state index contributed by atoms with van der Waals surface area (Å²) >= 11 is 7.24. The fraction of sp³-hybridized carbons (Fsp3) is 0.357. The first kappa shape index (κ1) is 16.8. The van der Waals surface area contributed by atoms with Crippen molar-refractivity contribution in [1.82, 2.24) is 9.97 Å². The third kappa shape index (κ3) is 4.46. The number of methoxy groups -OCH3 is 1. The Hall–Kier alpha value is -1.57. The van der Waals surface area contributed by atoms with Crippen LogP contribution in [0, 0.1) is 0 Å². The van der Waals surface area contributed by atoms with Crippen LogP contribution in [0.25, 0.3) is 10.9 Å². The Morgan fingerprint density at radius 1 is 1.59 bits per heavy atom. The number of nitrogens with two attached hydrogens (primary N) is 1. The molecule has 0 amide bonds. The van der Waals surface area contributed by atoms with Crippen LogP contribution in [0.5, 0.6) is 0 Å². The Kier molecular flexibility index (Phi) is 5.82. The normalized spacial score (nSPS) is 13.5. The summed E-state index contributed by atoms with van der Waals surface area (Å²) in [6, 6.07) is 4.97. The van der Waals surface area contributed by atoms with Gasteiger partial charge >= 0.3 is 0 Å². The van der Waals surface area contributed by atoms with Crippen molar-refractivity contribution in [3.63, 3.8) is 0 Å². The molecule has 0 saturated carbocycles. The Balaban J connectivity index is 2.13. The number of aliphatic imine (C=N–C) groups is 1. The van der Waals surface area contributed by atoms with Gasteiger partial charge in [-0.2, -0.15) is 0 Å². The van der Waals surface area contributed by atoms with E-state index in [0.29, 0.717) is 39.3 Å². The lowest BCUT2D eigenvalue weighted by Crippen LogP contribution is -2.16. The third-order valence-corrected chi connectivity index (χ3v) is 3.88. The summed E-state index contributed by atoms with van der Waals surface area (Å²) in [5.41, 5.74) is 6.22. The SMILES string of the molecule is COC[C@@H](C)N=C(N)SCc1nc2cc(Cl)ccc2c(=O)[nH]1. The largest absolute Gasteiger partial charge is 0.382 e. The monoisotopic (exact) mass is 340 g/mol. The van der Waals surface area contributed by atoms with E-state index in [1.165, 1.54) is 11.8 Å². The Labute approximate surface area is 137 Å². The first-order valence-electron chi connectivity index (χ1n) is 6.63. The number of nitrogens with zero attached hydrogens (tertiary/aromatic N) is 2. The van der Waals surface area contributed by atoms with Crippen LogP contribution in [0.3, 0.4) is 0 Å². The van der Waals surface area contributed by atoms with E-state index in [2.05, 4.69) is 15.0 Å². The van der Waals surface area contributed by atoms with Crippen molar-refractivity contribution in [2.45, 2.75) is 18.7 Å². The van der Waals surface area contributed by atoms with Crippen molar-refractivity contribution in [2.24, 2.45) is 10.7 Å². The van der Waals surface area contributed by atoms with Gasteiger partial charge in [-0.1, -0.05) is 23.4 Å². The molecule has 2 rings (SSSR count). The number of rotatable bonds is 5. The molecule has 1 atom stereocenters. The fourth-order valence-electron chi connectivity index (χ4n) is 1.90. The van der Waals surface area contributed by atoms with E-state index >= 15 is 0 Å². The number of aromatic amines is 1. The number of thioether (sulfide) groups is 1. The predicted octanol–water partition coefficient (Wildman–Crippen LogP) is 2.16. The fourth-order valence-corrected chi connectivity index (χ4v) is 2.75. The Bertz CT molecular complexity index is 747. The number of halogens is 1. The van der Waals surface area contributed by atoms with Crippen LogP contribution in [-0.4, -0.2) is 34.9 Å². The molecule has 1 aromatic carbocycles. The Morgan fingerprint density at radius 3 is 3.09 bits per heavy atom. The first-order chi connectivity index (χ1) is 10.5. The zero-order valence-corrected chi connectivity index (χ0v) is 13.9. The van der Waals surface area contributed by atoms with Crippen molar-refractivity contribution in [2.75, 3.05) is 13.7 Å². The van der Waals surface area contributed by atoms with Crippen molar-refractivity contribution in [1.29, 1.82) is 0 Å². The standard InChI is InChI=1S/C14H17ClN4O2S/c1-8(6-21-2)17-14(16)22-7-12-18-11-5-9(15)3-4-10(11)13(20)19-12/h3-5,8H,6-7H2,1-2H3,(H2,16,17)(H,18,19,20)/t8-/m1/s1. The topological polar surface area (TPSA) is 93.4 Å². The molecule has 1 heterocycles. The molecule has 0 bridgehead atoms. The lowest BCUT2D eigenvalue weighted by molar-refractivity contribution is 0.186. The molecule has 0 unspecified atom stereocenters. The van der Waals surface area contributed by atoms with Gasteiger partial charge < -0.3 is 15.5 Å². The van der Waals surface area contributed by atoms with Gasteiger partial charge in [0.25, 0.3) is 5.56 Å². The first-order valence-corrected chi connectivity index (χ1v) is 7.99. The van der Waals surface area contributed by atoms with E-state index in [1.807, 2.05) is 6.92 Å². The number of amidine groups is 1. The molecule has 1 aromatic heterocycles. The van der Waals surface area contributed by atoms with Crippen LogP contribution in [-0.2, 0) is 10.5 Å². The summed E-state index contributed by atoms with van der Waals surface area (Å²) in [5.74, 6) is 0.953. The van der Waals surface area contributed by atoms with Gasteiger partial charge in [-0.25, -0.2) is 4.98 Å². The average molecular weight is 341 g/mol. The van der Waals surface area contributed by atoms with E-state index < -0.39 is 0 Å². The molecular weight excluding hydrogens is 324 g/mol. The lowest BCUT2D eigenvalue weighted by Gasteiger charge is -2.07. The van der Waals surface area contributed by atoms with Gasteiger partial charge in [-0.15, -0.1) is 0 Å². The number of ether oxygens (including phenoxy) is 1. The second-order valence-corrected chi connectivity index (χ2v) is 6.17. The highest BCUT2D eigenvalue weighted by Gasteiger charge is 2.06. The summed E-state index contributed by atoms with van der Waals surface area (Å²) in [6.45, 7) is 2.42. The van der Waals surface area contributed by atoms with E-state index in [1.54, 1.807) is 25.3 Å². The van der Waals surface area contributed by atoms with Crippen LogP contribution < -0.4 is 11.3 Å². The van der Waals surface area contributed by atoms with Gasteiger partial charge in [0.1, 0.15) is 5.82 Å². The lowest BCUT2D eigenvalue weighted by atomic mass is 10.2. The minimum absolute atomic E-state index is 0.0140. The van der Waals surface area contributed by atoms with Gasteiger partial charge in [0.2, 0.25) is 0 Å². The van der Waals surface area contributed by atoms with Gasteiger partial charge in [0.15, 0.2) is 5.17 Å². The molecule has 0 radical (unpaired) electrons. The molecule has 0 fully saturated rings. The van der Waals surface area contributed by atoms with Gasteiger partial charge in [0.05, 0.1) is 29.3 Å². The van der Waals surface area contributed by atoms with Crippen molar-refractivity contribution in [3.05, 3.63) is 39.4 Å². The molecule has 22 heavy (non-hydrogen) atoms. The highest BCUT2D eigenvalue weighted by atomic mass is 35.5. The summed E-state index contributed by atoms with van der Waals surface area (Å²) in [4.78, 5) is 23.4. The summed E-state index contributed by atoms with van der Waals surface area (Å²) in [7, 11) is 1.62. The summed E-state index contributed by atoms with van der Waals surface area (Å²) in [5, 5.41) is 1.48. The number of aromatic nitrogens is 2. The zero-order valence-electron chi connectivity index (χ0n) is 12.3. The highest BCUT2D eigenvalue weighted by Crippen LogP contribution is 2.16. The number of benzene rings is 1. The molecule has 0 aliphatic heterocycles. The molecule has 0 spiro atoms. The van der Waals surface area contributed by atoms with E-state index in [0.717, 1.165) is 0 Å². The maximum Gasteiger partial charge on any atom is 0.258 e. The van der Waals surface area contributed by atoms with Crippen LogP contribution >= 0.6 is 23.4 Å². The average Bonchev–Trinajstić information content (AvgIpc) is 2.44. The number of fused-ring (bicyclic) bond motifs is 1. The van der Waals surface area contributed by atoms with Crippen LogP contribution in [0.2, 0.25) is 5.02 Å². The van der Waals surface area contributed by atoms with Gasteiger partial charge in [-0.05, 0) is 25.1 Å². The summed E-state index contributed by atoms with van der Waals surface area (Å²) in [6.07, 6.45) is 0. The van der Waals surface area contributed by atoms with Crippen LogP contribution in [0.15, 0.2) is 28.0 Å². The minimum atomic E-state index is -0.194. The number of nitrogens with one attached hydrogen (secondary N) is 1. The van der Waals surface area contributed by atoms with Crippen molar-refractivity contribution in [3.8, 4) is 0 Å². The quantitative estimate of drug-likeness (QED) is 0.642. The van der Waals surface area contributed by atoms with E-state index in [-0.39, 0.29) is 11.6 Å². The van der Waals surface area contributed by atoms with Crippen molar-refractivity contribution < 1.29 is 4.74 Å². The van der Waals surface area contributed by atoms with E-state index in [4.69, 9.17) is 22.1 Å². The number of hydrogen-bond acceptors (Lipinski definition) is 5. The number of hydrogen-bond donors (Lipinski definition) is 2. The zero-order chi connectivity index (χ0) is 16.1. The highest BCUT2D eigenvalue weighted by molar-refractivity contribution is 8.13. The second kappa shape index (κ2) is 7.62. The van der Waals surface area contributed by atoms with Gasteiger partial charge in [-0.3, -0.25) is 9.79 Å². The third-order valence-electron chi connectivity index (χ3n) is 2.83. The maximum atomic E-state index is 12.0. The molecular formula is C14H17ClN4O2S. The molecule has 118 valence electrons. The number of H-pyrrole nitrogens is 1. The molecule has 6 nitrogen and oxygen atoms in total. The maximum absolute atomic E-state index is 12.0. The van der Waals surface area contributed by atoms with Crippen LogP contribution in [0.4, 0.5) is 0 Å².